The predicted octanol–water partition coefficient (Wildman–Crippen LogP) is 3.38. The van der Waals surface area contributed by atoms with Crippen LogP contribution in [0.3, 0.4) is 0 Å². The lowest BCUT2D eigenvalue weighted by atomic mass is 9.89. The number of piperidine rings is 1. The van der Waals surface area contributed by atoms with Crippen molar-refractivity contribution in [2.24, 2.45) is 0 Å². The van der Waals surface area contributed by atoms with Crippen LogP contribution in [0.4, 0.5) is 5.69 Å². The first-order valence-electron chi connectivity index (χ1n) is 8.84. The average Bonchev–Trinajstić information content (AvgIpc) is 2.69. The molecule has 2 aromatic carbocycles. The number of likely N-dealkylation sites (tertiary alicyclic amines) is 1. The number of benzene rings is 2. The molecule has 0 aliphatic carbocycles. The number of carbonyl (C=O) groups is 1. The summed E-state index contributed by atoms with van der Waals surface area (Å²) in [6.07, 6.45) is 2.10. The number of nitrogens with one attached hydrogen (secondary N) is 1. The van der Waals surface area contributed by atoms with E-state index in [-0.39, 0.29) is 5.91 Å². The molecule has 134 valence electrons. The monoisotopic (exact) mass is 349 g/mol. The van der Waals surface area contributed by atoms with Gasteiger partial charge in [-0.2, -0.15) is 5.26 Å². The van der Waals surface area contributed by atoms with Gasteiger partial charge in [0.05, 0.1) is 25.3 Å². The molecule has 0 aromatic heterocycles. The lowest BCUT2D eigenvalue weighted by molar-refractivity contribution is -0.117. The predicted molar refractivity (Wildman–Crippen MR) is 101 cm³/mol. The second kappa shape index (κ2) is 8.50. The van der Waals surface area contributed by atoms with Crippen molar-refractivity contribution in [3.63, 3.8) is 0 Å². The Balaban J connectivity index is 1.46. The first-order valence-corrected chi connectivity index (χ1v) is 8.84. The lowest BCUT2D eigenvalue weighted by Crippen LogP contribution is -2.38. The third-order valence-corrected chi connectivity index (χ3v) is 4.84. The molecule has 5 heteroatoms. The fourth-order valence-corrected chi connectivity index (χ4v) is 3.33. The number of nitrogens with zero attached hydrogens (tertiary/aromatic N) is 2. The highest BCUT2D eigenvalue weighted by Gasteiger charge is 2.22. The number of methoxy groups -OCH3 is 1. The molecular formula is C21H23N3O2. The Kier molecular flexibility index (Phi) is 5.88. The van der Waals surface area contributed by atoms with Crippen LogP contribution in [0.2, 0.25) is 0 Å². The fourth-order valence-electron chi connectivity index (χ4n) is 3.33. The zero-order chi connectivity index (χ0) is 18.4. The van der Waals surface area contributed by atoms with Gasteiger partial charge in [-0.3, -0.25) is 9.69 Å². The Morgan fingerprint density at radius 3 is 2.38 bits per heavy atom. The minimum atomic E-state index is -0.0161. The quantitative estimate of drug-likeness (QED) is 0.899. The maximum absolute atomic E-state index is 12.2. The molecule has 0 bridgehead atoms. The van der Waals surface area contributed by atoms with Gasteiger partial charge in [0.1, 0.15) is 5.75 Å². The van der Waals surface area contributed by atoms with Crippen molar-refractivity contribution in [3.05, 3.63) is 59.7 Å². The van der Waals surface area contributed by atoms with E-state index in [0.717, 1.165) is 37.4 Å². The van der Waals surface area contributed by atoms with E-state index in [9.17, 15) is 4.79 Å². The van der Waals surface area contributed by atoms with E-state index in [1.807, 2.05) is 12.1 Å². The smallest absolute Gasteiger partial charge is 0.238 e. The van der Waals surface area contributed by atoms with E-state index in [1.54, 1.807) is 31.4 Å². The summed E-state index contributed by atoms with van der Waals surface area (Å²) in [4.78, 5) is 14.4. The Labute approximate surface area is 154 Å². The van der Waals surface area contributed by atoms with Crippen LogP contribution in [0, 0.1) is 11.3 Å². The van der Waals surface area contributed by atoms with Crippen molar-refractivity contribution < 1.29 is 9.53 Å². The van der Waals surface area contributed by atoms with Gasteiger partial charge in [-0.05, 0) is 73.8 Å². The van der Waals surface area contributed by atoms with Crippen molar-refractivity contribution in [1.29, 1.82) is 5.26 Å². The average molecular weight is 349 g/mol. The highest BCUT2D eigenvalue weighted by molar-refractivity contribution is 5.92. The minimum absolute atomic E-state index is 0.0161. The number of rotatable bonds is 5. The topological polar surface area (TPSA) is 65.4 Å². The molecule has 5 nitrogen and oxygen atoms in total. The van der Waals surface area contributed by atoms with Crippen molar-refractivity contribution in [2.75, 3.05) is 32.1 Å². The van der Waals surface area contributed by atoms with Crippen LogP contribution in [0.25, 0.3) is 0 Å². The number of hydrogen-bond donors (Lipinski definition) is 1. The maximum Gasteiger partial charge on any atom is 0.238 e. The van der Waals surface area contributed by atoms with Gasteiger partial charge in [0.25, 0.3) is 0 Å². The molecule has 1 aliphatic heterocycles. The first kappa shape index (κ1) is 18.0. The van der Waals surface area contributed by atoms with Crippen LogP contribution in [-0.2, 0) is 4.79 Å². The summed E-state index contributed by atoms with van der Waals surface area (Å²) in [5.74, 6) is 1.40. The van der Waals surface area contributed by atoms with Crippen molar-refractivity contribution in [2.45, 2.75) is 18.8 Å². The van der Waals surface area contributed by atoms with Gasteiger partial charge < -0.3 is 10.1 Å². The highest BCUT2D eigenvalue weighted by atomic mass is 16.5. The molecule has 0 atom stereocenters. The van der Waals surface area contributed by atoms with Gasteiger partial charge >= 0.3 is 0 Å². The summed E-state index contributed by atoms with van der Waals surface area (Å²) in [6, 6.07) is 17.3. The second-order valence-electron chi connectivity index (χ2n) is 6.56. The number of nitriles is 1. The van der Waals surface area contributed by atoms with Crippen molar-refractivity contribution in [1.82, 2.24) is 4.90 Å². The van der Waals surface area contributed by atoms with Gasteiger partial charge in [-0.25, -0.2) is 0 Å². The van der Waals surface area contributed by atoms with Crippen LogP contribution in [0.5, 0.6) is 5.75 Å². The Morgan fingerprint density at radius 1 is 1.15 bits per heavy atom. The molecular weight excluding hydrogens is 326 g/mol. The first-order chi connectivity index (χ1) is 12.7. The molecule has 1 aliphatic rings. The molecule has 0 radical (unpaired) electrons. The molecule has 1 saturated heterocycles. The number of ether oxygens (including phenoxy) is 1. The standard InChI is InChI=1S/C21H23N3O2/c1-26-20-8-4-17(5-9-20)18-10-12-24(13-11-18)15-21(25)23-19-6-2-16(14-22)3-7-19/h2-9,18H,10-13,15H2,1H3,(H,23,25). The molecule has 3 rings (SSSR count). The maximum atomic E-state index is 12.2. The minimum Gasteiger partial charge on any atom is -0.497 e. The molecule has 0 spiro atoms. The summed E-state index contributed by atoms with van der Waals surface area (Å²) in [6.45, 7) is 2.23. The van der Waals surface area contributed by atoms with E-state index in [4.69, 9.17) is 10.00 Å². The van der Waals surface area contributed by atoms with Crippen LogP contribution in [-0.4, -0.2) is 37.6 Å². The van der Waals surface area contributed by atoms with Gasteiger partial charge in [0.15, 0.2) is 0 Å². The molecule has 1 heterocycles. The number of carbonyl (C=O) groups excluding carboxylic acids is 1. The van der Waals surface area contributed by atoms with Crippen LogP contribution < -0.4 is 10.1 Å². The van der Waals surface area contributed by atoms with Gasteiger partial charge in [0, 0.05) is 5.69 Å². The van der Waals surface area contributed by atoms with Crippen LogP contribution >= 0.6 is 0 Å². The number of anilines is 1. The number of hydrogen-bond acceptors (Lipinski definition) is 4. The molecule has 0 unspecified atom stereocenters. The third kappa shape index (κ3) is 4.62. The lowest BCUT2D eigenvalue weighted by Gasteiger charge is -2.31. The summed E-state index contributed by atoms with van der Waals surface area (Å²) in [7, 11) is 1.68. The van der Waals surface area contributed by atoms with Crippen LogP contribution in [0.1, 0.15) is 29.9 Å². The van der Waals surface area contributed by atoms with Crippen molar-refractivity contribution >= 4 is 11.6 Å². The van der Waals surface area contributed by atoms with Gasteiger partial charge in [0.2, 0.25) is 5.91 Å². The molecule has 1 fully saturated rings. The fraction of sp³-hybridized carbons (Fsp3) is 0.333. The summed E-state index contributed by atoms with van der Waals surface area (Å²) >= 11 is 0. The number of amides is 1. The molecule has 0 saturated carbocycles. The normalized spacial score (nSPS) is 15.2. The Morgan fingerprint density at radius 2 is 1.81 bits per heavy atom. The third-order valence-electron chi connectivity index (χ3n) is 4.84. The second-order valence-corrected chi connectivity index (χ2v) is 6.56. The van der Waals surface area contributed by atoms with E-state index < -0.39 is 0 Å². The van der Waals surface area contributed by atoms with E-state index >= 15 is 0 Å². The molecule has 1 amide bonds. The zero-order valence-corrected chi connectivity index (χ0v) is 14.9. The van der Waals surface area contributed by atoms with Crippen LogP contribution in [0.15, 0.2) is 48.5 Å². The van der Waals surface area contributed by atoms with Crippen molar-refractivity contribution in [3.8, 4) is 11.8 Å². The van der Waals surface area contributed by atoms with E-state index in [0.29, 0.717) is 18.0 Å². The van der Waals surface area contributed by atoms with E-state index in [2.05, 4.69) is 28.4 Å². The summed E-state index contributed by atoms with van der Waals surface area (Å²) in [5.41, 5.74) is 2.65. The highest BCUT2D eigenvalue weighted by Crippen LogP contribution is 2.29. The molecule has 2 aromatic rings. The summed E-state index contributed by atoms with van der Waals surface area (Å²) in [5, 5.41) is 11.7. The largest absolute Gasteiger partial charge is 0.497 e. The molecule has 1 N–H and O–H groups in total. The van der Waals surface area contributed by atoms with E-state index in [1.165, 1.54) is 5.56 Å². The van der Waals surface area contributed by atoms with Gasteiger partial charge in [-0.1, -0.05) is 12.1 Å². The Bertz CT molecular complexity index is 770. The molecule has 26 heavy (non-hydrogen) atoms. The van der Waals surface area contributed by atoms with Gasteiger partial charge in [-0.15, -0.1) is 0 Å². The summed E-state index contributed by atoms with van der Waals surface area (Å²) < 4.78 is 5.21. The SMILES string of the molecule is COc1ccc(C2CCN(CC(=O)Nc3ccc(C#N)cc3)CC2)cc1. The zero-order valence-electron chi connectivity index (χ0n) is 14.9. The Hall–Kier alpha value is -2.84.